The van der Waals surface area contributed by atoms with E-state index in [1.54, 1.807) is 6.07 Å². The first-order valence-electron chi connectivity index (χ1n) is 10.4. The monoisotopic (exact) mass is 407 g/mol. The Hall–Kier alpha value is -1.94. The lowest BCUT2D eigenvalue weighted by Gasteiger charge is -2.36. The van der Waals surface area contributed by atoms with Crippen LogP contribution in [0.4, 0.5) is 11.4 Å². The molecule has 29 heavy (non-hydrogen) atoms. The molecule has 3 saturated heterocycles. The molecule has 0 radical (unpaired) electrons. The number of piperazine rings is 1. The van der Waals surface area contributed by atoms with Crippen LogP contribution >= 0.6 is 0 Å². The molecule has 3 atom stereocenters. The molecule has 3 aliphatic rings. The van der Waals surface area contributed by atoms with Crippen molar-refractivity contribution < 1.29 is 23.9 Å². The van der Waals surface area contributed by atoms with Crippen LogP contribution in [0.1, 0.15) is 26.2 Å². The minimum absolute atomic E-state index is 0.0270. The molecule has 3 heterocycles. The normalized spacial score (nSPS) is 27.6. The van der Waals surface area contributed by atoms with Crippen molar-refractivity contribution in [2.75, 3.05) is 50.9 Å². The van der Waals surface area contributed by atoms with E-state index in [9.17, 15) is 10.1 Å². The molecule has 0 spiro atoms. The third kappa shape index (κ3) is 5.16. The molecule has 1 aromatic rings. The summed E-state index contributed by atoms with van der Waals surface area (Å²) in [7, 11) is 0. The van der Waals surface area contributed by atoms with Crippen molar-refractivity contribution in [2.45, 2.75) is 44.8 Å². The van der Waals surface area contributed by atoms with Gasteiger partial charge in [-0.1, -0.05) is 0 Å². The fraction of sp³-hybridized carbons (Fsp3) is 0.700. The summed E-state index contributed by atoms with van der Waals surface area (Å²) < 4.78 is 22.7. The van der Waals surface area contributed by atoms with Gasteiger partial charge >= 0.3 is 0 Å². The minimum atomic E-state index is -0.396. The highest BCUT2D eigenvalue weighted by Crippen LogP contribution is 2.34. The minimum Gasteiger partial charge on any atom is -0.489 e. The number of anilines is 1. The highest BCUT2D eigenvalue weighted by molar-refractivity contribution is 5.62. The Bertz CT molecular complexity index is 703. The molecular weight excluding hydrogens is 378 g/mol. The zero-order chi connectivity index (χ0) is 20.2. The molecule has 0 N–H and O–H groups in total. The molecule has 1 aromatic carbocycles. The number of ether oxygens (including phenoxy) is 4. The van der Waals surface area contributed by atoms with E-state index in [1.807, 2.05) is 0 Å². The number of epoxide rings is 1. The van der Waals surface area contributed by atoms with Gasteiger partial charge < -0.3 is 23.8 Å². The number of benzene rings is 1. The maximum absolute atomic E-state index is 11.2. The van der Waals surface area contributed by atoms with Crippen molar-refractivity contribution in [1.82, 2.24) is 4.90 Å². The number of nitro benzene ring substituents is 1. The van der Waals surface area contributed by atoms with Gasteiger partial charge in [0.2, 0.25) is 0 Å². The van der Waals surface area contributed by atoms with E-state index in [2.05, 4.69) is 16.7 Å². The van der Waals surface area contributed by atoms with Crippen molar-refractivity contribution in [3.63, 3.8) is 0 Å². The zero-order valence-corrected chi connectivity index (χ0v) is 16.8. The second-order valence-corrected chi connectivity index (χ2v) is 7.68. The number of nitro groups is 1. The van der Waals surface area contributed by atoms with Gasteiger partial charge in [0, 0.05) is 38.9 Å². The quantitative estimate of drug-likeness (QED) is 0.281. The van der Waals surface area contributed by atoms with Crippen molar-refractivity contribution in [2.24, 2.45) is 0 Å². The summed E-state index contributed by atoms with van der Waals surface area (Å²) in [6, 6.07) is 4.82. The molecule has 3 aliphatic heterocycles. The number of nitrogens with zero attached hydrogens (tertiary/aromatic N) is 3. The van der Waals surface area contributed by atoms with Crippen molar-refractivity contribution in [3.05, 3.63) is 28.3 Å². The average Bonchev–Trinajstić information content (AvgIpc) is 3.48. The molecule has 0 aliphatic carbocycles. The maximum Gasteiger partial charge on any atom is 0.273 e. The van der Waals surface area contributed by atoms with Gasteiger partial charge in [-0.3, -0.25) is 15.0 Å². The molecule has 0 aromatic heterocycles. The average molecular weight is 407 g/mol. The molecule has 9 heteroatoms. The number of rotatable bonds is 8. The number of hydrogen-bond acceptors (Lipinski definition) is 8. The summed E-state index contributed by atoms with van der Waals surface area (Å²) in [6.45, 7) is 6.97. The van der Waals surface area contributed by atoms with Crippen LogP contribution in [0.5, 0.6) is 5.75 Å². The molecule has 0 saturated carbocycles. The lowest BCUT2D eigenvalue weighted by molar-refractivity contribution is -0.384. The Balaban J connectivity index is 1.35. The molecule has 4 rings (SSSR count). The van der Waals surface area contributed by atoms with Crippen molar-refractivity contribution in [3.8, 4) is 5.75 Å². The number of hydrogen-bond donors (Lipinski definition) is 0. The van der Waals surface area contributed by atoms with Gasteiger partial charge in [-0.15, -0.1) is 0 Å². The second kappa shape index (κ2) is 9.25. The molecular formula is C20H29N3O6. The van der Waals surface area contributed by atoms with Crippen LogP contribution in [0, 0.1) is 10.1 Å². The molecule has 9 nitrogen and oxygen atoms in total. The van der Waals surface area contributed by atoms with Gasteiger partial charge in [0.25, 0.3) is 5.69 Å². The Morgan fingerprint density at radius 1 is 1.21 bits per heavy atom. The first-order valence-corrected chi connectivity index (χ1v) is 10.4. The summed E-state index contributed by atoms with van der Waals surface area (Å²) in [6.07, 6.45) is 3.47. The van der Waals surface area contributed by atoms with E-state index in [1.165, 1.54) is 12.1 Å². The Morgan fingerprint density at radius 3 is 2.66 bits per heavy atom. The van der Waals surface area contributed by atoms with Gasteiger partial charge in [-0.25, -0.2) is 0 Å². The second-order valence-electron chi connectivity index (χ2n) is 7.68. The van der Waals surface area contributed by atoms with Gasteiger partial charge in [0.15, 0.2) is 6.29 Å². The molecule has 3 fully saturated rings. The third-order valence-corrected chi connectivity index (χ3v) is 5.63. The third-order valence-electron chi connectivity index (χ3n) is 5.63. The lowest BCUT2D eigenvalue weighted by atomic mass is 10.2. The van der Waals surface area contributed by atoms with Crippen LogP contribution in [0.2, 0.25) is 0 Å². The fourth-order valence-electron chi connectivity index (χ4n) is 3.94. The van der Waals surface area contributed by atoms with Gasteiger partial charge in [-0.2, -0.15) is 0 Å². The predicted octanol–water partition coefficient (Wildman–Crippen LogP) is 2.38. The first-order chi connectivity index (χ1) is 14.1. The van der Waals surface area contributed by atoms with E-state index < -0.39 is 4.92 Å². The van der Waals surface area contributed by atoms with Crippen LogP contribution in [-0.4, -0.2) is 74.4 Å². The Morgan fingerprint density at radius 2 is 2.00 bits per heavy atom. The molecule has 160 valence electrons. The van der Waals surface area contributed by atoms with Crippen LogP contribution in [0.15, 0.2) is 18.2 Å². The van der Waals surface area contributed by atoms with Crippen LogP contribution < -0.4 is 9.64 Å². The van der Waals surface area contributed by atoms with Gasteiger partial charge in [0.05, 0.1) is 29.4 Å². The lowest BCUT2D eigenvalue weighted by Crippen LogP contribution is -2.48. The Labute approximate surface area is 170 Å². The van der Waals surface area contributed by atoms with E-state index in [0.29, 0.717) is 25.1 Å². The topological polar surface area (TPSA) is 89.8 Å². The summed E-state index contributed by atoms with van der Waals surface area (Å²) >= 11 is 0. The molecule has 3 unspecified atom stereocenters. The zero-order valence-electron chi connectivity index (χ0n) is 16.8. The molecule has 0 bridgehead atoms. The van der Waals surface area contributed by atoms with Crippen LogP contribution in [0.3, 0.4) is 0 Å². The summed E-state index contributed by atoms with van der Waals surface area (Å²) in [5, 5.41) is 11.2. The smallest absolute Gasteiger partial charge is 0.273 e. The van der Waals surface area contributed by atoms with E-state index in [-0.39, 0.29) is 18.2 Å². The van der Waals surface area contributed by atoms with Crippen LogP contribution in [-0.2, 0) is 14.2 Å². The summed E-state index contributed by atoms with van der Waals surface area (Å²) in [5.74, 6) is 0.525. The van der Waals surface area contributed by atoms with Crippen LogP contribution in [0.25, 0.3) is 0 Å². The summed E-state index contributed by atoms with van der Waals surface area (Å²) in [5.41, 5.74) is 0.910. The van der Waals surface area contributed by atoms with E-state index >= 15 is 0 Å². The van der Waals surface area contributed by atoms with Crippen molar-refractivity contribution >= 4 is 11.4 Å². The number of non-ortho nitro benzene ring substituents is 1. The van der Waals surface area contributed by atoms with Gasteiger partial charge in [-0.05, 0) is 32.3 Å². The van der Waals surface area contributed by atoms with Gasteiger partial charge in [0.1, 0.15) is 18.6 Å². The maximum atomic E-state index is 11.2. The Kier molecular flexibility index (Phi) is 6.49. The summed E-state index contributed by atoms with van der Waals surface area (Å²) in [4.78, 5) is 15.4. The van der Waals surface area contributed by atoms with E-state index in [0.717, 1.165) is 57.7 Å². The SMILES string of the molecule is CC1OC1N1CCN(c2ccc([N+](=O)[O-])cc2OCCOC2CCCCO2)CC1. The van der Waals surface area contributed by atoms with Crippen molar-refractivity contribution in [1.29, 1.82) is 0 Å². The highest BCUT2D eigenvalue weighted by atomic mass is 16.7. The standard InChI is InChI=1S/C20H29N3O6/c1-15-20(29-15)22-9-7-21(8-10-22)17-6-5-16(23(24)25)14-18(17)26-12-13-28-19-4-2-3-11-27-19/h5-6,14-15,19-20H,2-4,7-13H2,1H3. The van der Waals surface area contributed by atoms with E-state index in [4.69, 9.17) is 18.9 Å². The highest BCUT2D eigenvalue weighted by Gasteiger charge is 2.40. The first kappa shape index (κ1) is 20.3. The predicted molar refractivity (Wildman–Crippen MR) is 106 cm³/mol. The molecule has 0 amide bonds. The largest absolute Gasteiger partial charge is 0.489 e. The fourth-order valence-corrected chi connectivity index (χ4v) is 3.94.